The van der Waals surface area contributed by atoms with Crippen LogP contribution >= 0.6 is 0 Å². The Labute approximate surface area is 142 Å². The second-order valence-corrected chi connectivity index (χ2v) is 6.86. The number of carbonyl (C=O) groups is 1. The number of aldehydes is 1. The number of hydrogen-bond acceptors (Lipinski definition) is 4. The van der Waals surface area contributed by atoms with Crippen LogP contribution in [0.4, 0.5) is 0 Å². The smallest absolute Gasteiger partial charge is 0.123 e. The average Bonchev–Trinajstić information content (AvgIpc) is 2.57. The third-order valence-electron chi connectivity index (χ3n) is 4.65. The molecule has 4 heteroatoms. The normalized spacial score (nSPS) is 15.3. The van der Waals surface area contributed by atoms with Gasteiger partial charge in [-0.25, -0.2) is 0 Å². The molecule has 0 rings (SSSR count). The van der Waals surface area contributed by atoms with Gasteiger partial charge in [-0.3, -0.25) is 0 Å². The number of aliphatic hydroxyl groups excluding tert-OH is 2. The molecule has 3 atom stereocenters. The van der Waals surface area contributed by atoms with Gasteiger partial charge in [0.2, 0.25) is 0 Å². The predicted molar refractivity (Wildman–Crippen MR) is 96.3 cm³/mol. The van der Waals surface area contributed by atoms with Crippen LogP contribution in [-0.4, -0.2) is 35.3 Å². The lowest BCUT2D eigenvalue weighted by atomic mass is 9.95. The molecular weight excluding hydrogens is 290 g/mol. The van der Waals surface area contributed by atoms with Gasteiger partial charge < -0.3 is 20.7 Å². The highest BCUT2D eigenvalue weighted by atomic mass is 16.3. The SMILES string of the molecule is CCCCCCCCC(C=O)CCCCCC[C@@H](O)[C@@H](N)CO. The summed E-state index contributed by atoms with van der Waals surface area (Å²) < 4.78 is 0. The van der Waals surface area contributed by atoms with Crippen LogP contribution < -0.4 is 5.73 Å². The molecule has 1 unspecified atom stereocenters. The van der Waals surface area contributed by atoms with Gasteiger partial charge in [0.15, 0.2) is 0 Å². The van der Waals surface area contributed by atoms with E-state index in [0.717, 1.165) is 44.8 Å². The van der Waals surface area contributed by atoms with Crippen molar-refractivity contribution in [1.29, 1.82) is 0 Å². The molecule has 0 heterocycles. The molecule has 0 radical (unpaired) electrons. The lowest BCUT2D eigenvalue weighted by Crippen LogP contribution is -2.37. The summed E-state index contributed by atoms with van der Waals surface area (Å²) in [6, 6.07) is -0.522. The minimum Gasteiger partial charge on any atom is -0.395 e. The van der Waals surface area contributed by atoms with Crippen molar-refractivity contribution in [3.8, 4) is 0 Å². The Morgan fingerprint density at radius 1 is 0.870 bits per heavy atom. The standard InChI is InChI=1S/C19H39NO3/c1-2-3-4-5-6-9-12-17(15-21)13-10-7-8-11-14-19(23)18(20)16-22/h15,17-19,22-23H,2-14,16,20H2,1H3/t17?,18-,19+/m0/s1. The molecule has 0 spiro atoms. The second kappa shape index (κ2) is 16.4. The maximum atomic E-state index is 11.1. The minimum absolute atomic E-state index is 0.166. The van der Waals surface area contributed by atoms with E-state index in [1.54, 1.807) is 0 Å². The molecule has 0 bridgehead atoms. The van der Waals surface area contributed by atoms with Gasteiger partial charge in [-0.2, -0.15) is 0 Å². The van der Waals surface area contributed by atoms with Gasteiger partial charge in [0.05, 0.1) is 18.8 Å². The Morgan fingerprint density at radius 2 is 1.35 bits per heavy atom. The molecule has 0 saturated carbocycles. The monoisotopic (exact) mass is 329 g/mol. The number of nitrogens with two attached hydrogens (primary N) is 1. The van der Waals surface area contributed by atoms with Crippen LogP contribution in [0.25, 0.3) is 0 Å². The van der Waals surface area contributed by atoms with Crippen LogP contribution in [0.3, 0.4) is 0 Å². The van der Waals surface area contributed by atoms with Crippen LogP contribution in [0.15, 0.2) is 0 Å². The molecule has 138 valence electrons. The molecule has 0 aliphatic heterocycles. The Balaban J connectivity index is 3.48. The van der Waals surface area contributed by atoms with E-state index in [-0.39, 0.29) is 12.5 Å². The van der Waals surface area contributed by atoms with E-state index < -0.39 is 12.1 Å². The van der Waals surface area contributed by atoms with Crippen molar-refractivity contribution < 1.29 is 15.0 Å². The van der Waals surface area contributed by atoms with Crippen molar-refractivity contribution in [2.24, 2.45) is 11.7 Å². The van der Waals surface area contributed by atoms with Crippen molar-refractivity contribution in [3.63, 3.8) is 0 Å². The van der Waals surface area contributed by atoms with Gasteiger partial charge >= 0.3 is 0 Å². The molecule has 0 amide bonds. The van der Waals surface area contributed by atoms with Crippen molar-refractivity contribution in [2.45, 2.75) is 103 Å². The largest absolute Gasteiger partial charge is 0.395 e. The van der Waals surface area contributed by atoms with Gasteiger partial charge in [0.25, 0.3) is 0 Å². The summed E-state index contributed by atoms with van der Waals surface area (Å²) in [6.45, 7) is 2.06. The third-order valence-corrected chi connectivity index (χ3v) is 4.65. The quantitative estimate of drug-likeness (QED) is 0.281. The highest BCUT2D eigenvalue weighted by molar-refractivity contribution is 5.53. The topological polar surface area (TPSA) is 83.5 Å². The first-order chi connectivity index (χ1) is 11.2. The number of aliphatic hydroxyl groups is 2. The fraction of sp³-hybridized carbons (Fsp3) is 0.947. The molecular formula is C19H39NO3. The summed E-state index contributed by atoms with van der Waals surface area (Å²) in [5, 5.41) is 18.5. The predicted octanol–water partition coefficient (Wildman–Crippen LogP) is 3.57. The number of carbonyl (C=O) groups excluding carboxylic acids is 1. The molecule has 0 saturated heterocycles. The summed E-state index contributed by atoms with van der Waals surface area (Å²) in [6.07, 6.45) is 15.1. The molecule has 4 N–H and O–H groups in total. The molecule has 0 aromatic rings. The van der Waals surface area contributed by atoms with Crippen LogP contribution in [0.2, 0.25) is 0 Å². The van der Waals surface area contributed by atoms with Crippen molar-refractivity contribution in [2.75, 3.05) is 6.61 Å². The highest BCUT2D eigenvalue weighted by Crippen LogP contribution is 2.17. The van der Waals surface area contributed by atoms with Crippen LogP contribution in [0.5, 0.6) is 0 Å². The van der Waals surface area contributed by atoms with Crippen LogP contribution in [0, 0.1) is 5.92 Å². The van der Waals surface area contributed by atoms with Crippen LogP contribution in [-0.2, 0) is 4.79 Å². The summed E-state index contributed by atoms with van der Waals surface area (Å²) in [4.78, 5) is 11.1. The summed E-state index contributed by atoms with van der Waals surface area (Å²) >= 11 is 0. The number of unbranched alkanes of at least 4 members (excludes halogenated alkanes) is 8. The minimum atomic E-state index is -0.601. The lowest BCUT2D eigenvalue weighted by molar-refractivity contribution is -0.111. The molecule has 0 aliphatic rings. The van der Waals surface area contributed by atoms with E-state index >= 15 is 0 Å². The highest BCUT2D eigenvalue weighted by Gasteiger charge is 2.12. The summed E-state index contributed by atoms with van der Waals surface area (Å²) in [5.41, 5.74) is 5.56. The summed E-state index contributed by atoms with van der Waals surface area (Å²) in [7, 11) is 0. The molecule has 4 nitrogen and oxygen atoms in total. The first-order valence-corrected chi connectivity index (χ1v) is 9.65. The third kappa shape index (κ3) is 13.7. The van der Waals surface area contributed by atoms with Gasteiger partial charge in [-0.1, -0.05) is 71.1 Å². The Bertz CT molecular complexity index is 261. The Hall–Kier alpha value is -0.450. The van der Waals surface area contributed by atoms with E-state index in [0.29, 0.717) is 6.42 Å². The van der Waals surface area contributed by atoms with Crippen LogP contribution in [0.1, 0.15) is 90.4 Å². The molecule has 0 aromatic carbocycles. The fourth-order valence-corrected chi connectivity index (χ4v) is 2.92. The second-order valence-electron chi connectivity index (χ2n) is 6.86. The fourth-order valence-electron chi connectivity index (χ4n) is 2.92. The van der Waals surface area contributed by atoms with Gasteiger partial charge in [-0.05, 0) is 19.3 Å². The first kappa shape index (κ1) is 22.6. The van der Waals surface area contributed by atoms with Gasteiger partial charge in [0.1, 0.15) is 6.29 Å². The zero-order chi connectivity index (χ0) is 17.3. The van der Waals surface area contributed by atoms with E-state index in [4.69, 9.17) is 10.8 Å². The summed E-state index contributed by atoms with van der Waals surface area (Å²) in [5.74, 6) is 0.231. The lowest BCUT2D eigenvalue weighted by Gasteiger charge is -2.16. The average molecular weight is 330 g/mol. The van der Waals surface area contributed by atoms with E-state index in [2.05, 4.69) is 6.92 Å². The van der Waals surface area contributed by atoms with Crippen molar-refractivity contribution in [1.82, 2.24) is 0 Å². The van der Waals surface area contributed by atoms with E-state index in [1.807, 2.05) is 0 Å². The molecule has 23 heavy (non-hydrogen) atoms. The van der Waals surface area contributed by atoms with E-state index in [1.165, 1.54) is 38.5 Å². The van der Waals surface area contributed by atoms with Crippen molar-refractivity contribution in [3.05, 3.63) is 0 Å². The number of hydrogen-bond donors (Lipinski definition) is 3. The first-order valence-electron chi connectivity index (χ1n) is 9.65. The van der Waals surface area contributed by atoms with Gasteiger partial charge in [-0.15, -0.1) is 0 Å². The zero-order valence-corrected chi connectivity index (χ0v) is 15.1. The zero-order valence-electron chi connectivity index (χ0n) is 15.1. The van der Waals surface area contributed by atoms with Crippen molar-refractivity contribution >= 4 is 6.29 Å². The van der Waals surface area contributed by atoms with Gasteiger partial charge in [0, 0.05) is 5.92 Å². The Kier molecular flexibility index (Phi) is 16.1. The molecule has 0 fully saturated rings. The molecule has 0 aliphatic carbocycles. The van der Waals surface area contributed by atoms with E-state index in [9.17, 15) is 9.90 Å². The number of rotatable bonds is 17. The Morgan fingerprint density at radius 3 is 1.83 bits per heavy atom. The maximum Gasteiger partial charge on any atom is 0.123 e. The molecule has 0 aromatic heterocycles. The maximum absolute atomic E-state index is 11.1.